The first-order valence-corrected chi connectivity index (χ1v) is 9.90. The van der Waals surface area contributed by atoms with E-state index in [2.05, 4.69) is 36.2 Å². The largest absolute Gasteiger partial charge is 0.489 e. The molecular formula is C27H23NO2. The molecule has 0 atom stereocenters. The molecule has 148 valence electrons. The molecule has 0 unspecified atom stereocenters. The van der Waals surface area contributed by atoms with E-state index in [1.54, 1.807) is 0 Å². The second kappa shape index (κ2) is 9.57. The molecule has 4 aromatic rings. The first kappa shape index (κ1) is 19.5. The van der Waals surface area contributed by atoms with Crippen molar-refractivity contribution in [3.63, 3.8) is 0 Å². The lowest BCUT2D eigenvalue weighted by Crippen LogP contribution is -1.95. The molecule has 0 N–H and O–H groups in total. The predicted octanol–water partition coefficient (Wildman–Crippen LogP) is 7.12. The number of hydrogen-bond acceptors (Lipinski definition) is 3. The first-order valence-electron chi connectivity index (χ1n) is 9.90. The van der Waals surface area contributed by atoms with Gasteiger partial charge in [-0.1, -0.05) is 60.2 Å². The van der Waals surface area contributed by atoms with Crippen LogP contribution in [-0.2, 0) is 6.61 Å². The number of ether oxygens (including phenoxy) is 2. The Morgan fingerprint density at radius 2 is 1.40 bits per heavy atom. The fourth-order valence-corrected chi connectivity index (χ4v) is 2.91. The molecule has 0 fully saturated rings. The van der Waals surface area contributed by atoms with Gasteiger partial charge in [0, 0.05) is 6.21 Å². The van der Waals surface area contributed by atoms with Gasteiger partial charge in [-0.3, -0.25) is 4.99 Å². The topological polar surface area (TPSA) is 30.8 Å². The van der Waals surface area contributed by atoms with Gasteiger partial charge in [-0.05, 0) is 66.6 Å². The fourth-order valence-electron chi connectivity index (χ4n) is 2.91. The minimum Gasteiger partial charge on any atom is -0.489 e. The molecule has 0 bridgehead atoms. The minimum absolute atomic E-state index is 0.545. The Kier molecular flexibility index (Phi) is 6.21. The maximum Gasteiger partial charge on any atom is 0.127 e. The molecule has 0 saturated carbocycles. The lowest BCUT2D eigenvalue weighted by molar-refractivity contribution is 0.306. The number of aryl methyl sites for hydroxylation is 1. The maximum atomic E-state index is 5.92. The Balaban J connectivity index is 1.36. The van der Waals surface area contributed by atoms with Crippen LogP contribution in [0.2, 0.25) is 0 Å². The Labute approximate surface area is 177 Å². The van der Waals surface area contributed by atoms with E-state index in [9.17, 15) is 0 Å². The molecule has 0 aliphatic rings. The van der Waals surface area contributed by atoms with Crippen molar-refractivity contribution in [3.05, 3.63) is 120 Å². The minimum atomic E-state index is 0.545. The van der Waals surface area contributed by atoms with E-state index in [1.807, 2.05) is 85.1 Å². The molecular weight excluding hydrogens is 370 g/mol. The van der Waals surface area contributed by atoms with Gasteiger partial charge in [0.1, 0.15) is 23.9 Å². The third kappa shape index (κ3) is 5.58. The zero-order valence-electron chi connectivity index (χ0n) is 16.9. The third-order valence-electron chi connectivity index (χ3n) is 4.56. The summed E-state index contributed by atoms with van der Waals surface area (Å²) in [5.41, 5.74) is 4.25. The summed E-state index contributed by atoms with van der Waals surface area (Å²) in [6.07, 6.45) is 1.84. The molecule has 0 heterocycles. The van der Waals surface area contributed by atoms with Crippen LogP contribution in [0.1, 0.15) is 16.7 Å². The van der Waals surface area contributed by atoms with Crippen molar-refractivity contribution in [2.75, 3.05) is 0 Å². The SMILES string of the molecule is Cc1ccc(COc2cccc(C=Nc3ccc(Oc4ccccc4)cc3)c2)cc1. The summed E-state index contributed by atoms with van der Waals surface area (Å²) < 4.78 is 11.7. The quantitative estimate of drug-likeness (QED) is 0.313. The van der Waals surface area contributed by atoms with Crippen molar-refractivity contribution < 1.29 is 9.47 Å². The summed E-state index contributed by atoms with van der Waals surface area (Å²) >= 11 is 0. The van der Waals surface area contributed by atoms with Crippen LogP contribution in [0.25, 0.3) is 0 Å². The number of para-hydroxylation sites is 1. The number of benzene rings is 4. The highest BCUT2D eigenvalue weighted by molar-refractivity contribution is 5.82. The predicted molar refractivity (Wildman–Crippen MR) is 122 cm³/mol. The van der Waals surface area contributed by atoms with Crippen LogP contribution in [0.3, 0.4) is 0 Å². The van der Waals surface area contributed by atoms with Gasteiger partial charge in [0.25, 0.3) is 0 Å². The Morgan fingerprint density at radius 3 is 2.17 bits per heavy atom. The van der Waals surface area contributed by atoms with Crippen molar-refractivity contribution >= 4 is 11.9 Å². The average Bonchev–Trinajstić information content (AvgIpc) is 2.79. The summed E-state index contributed by atoms with van der Waals surface area (Å²) in [7, 11) is 0. The second-order valence-electron chi connectivity index (χ2n) is 7.01. The van der Waals surface area contributed by atoms with Crippen LogP contribution >= 0.6 is 0 Å². The van der Waals surface area contributed by atoms with E-state index >= 15 is 0 Å². The van der Waals surface area contributed by atoms with Crippen molar-refractivity contribution in [1.29, 1.82) is 0 Å². The lowest BCUT2D eigenvalue weighted by atomic mass is 10.2. The first-order chi connectivity index (χ1) is 14.7. The number of aliphatic imine (C=N–C) groups is 1. The van der Waals surface area contributed by atoms with Crippen LogP contribution in [0.5, 0.6) is 17.2 Å². The van der Waals surface area contributed by atoms with E-state index < -0.39 is 0 Å². The van der Waals surface area contributed by atoms with Gasteiger partial charge in [0.15, 0.2) is 0 Å². The van der Waals surface area contributed by atoms with Gasteiger partial charge in [-0.2, -0.15) is 0 Å². The molecule has 4 aromatic carbocycles. The number of hydrogen-bond donors (Lipinski definition) is 0. The Bertz CT molecular complexity index is 1100. The van der Waals surface area contributed by atoms with E-state index in [1.165, 1.54) is 5.56 Å². The summed E-state index contributed by atoms with van der Waals surface area (Å²) in [6, 6.07) is 33.7. The lowest BCUT2D eigenvalue weighted by Gasteiger charge is -2.07. The molecule has 0 aromatic heterocycles. The summed E-state index contributed by atoms with van der Waals surface area (Å²) in [6.45, 7) is 2.63. The Hall–Kier alpha value is -3.85. The summed E-state index contributed by atoms with van der Waals surface area (Å²) in [4.78, 5) is 4.56. The van der Waals surface area contributed by atoms with Gasteiger partial charge in [-0.25, -0.2) is 0 Å². The van der Waals surface area contributed by atoms with Crippen molar-refractivity contribution in [3.8, 4) is 17.2 Å². The molecule has 30 heavy (non-hydrogen) atoms. The summed E-state index contributed by atoms with van der Waals surface area (Å²) in [5, 5.41) is 0. The maximum absolute atomic E-state index is 5.92. The molecule has 0 spiro atoms. The number of rotatable bonds is 7. The molecule has 0 amide bonds. The zero-order valence-corrected chi connectivity index (χ0v) is 16.9. The third-order valence-corrected chi connectivity index (χ3v) is 4.56. The van der Waals surface area contributed by atoms with Gasteiger partial charge >= 0.3 is 0 Å². The van der Waals surface area contributed by atoms with Crippen LogP contribution in [0, 0.1) is 6.92 Å². The van der Waals surface area contributed by atoms with Crippen molar-refractivity contribution in [2.45, 2.75) is 13.5 Å². The van der Waals surface area contributed by atoms with Gasteiger partial charge in [-0.15, -0.1) is 0 Å². The van der Waals surface area contributed by atoms with Crippen LogP contribution < -0.4 is 9.47 Å². The van der Waals surface area contributed by atoms with Crippen LogP contribution in [0.15, 0.2) is 108 Å². The highest BCUT2D eigenvalue weighted by atomic mass is 16.5. The van der Waals surface area contributed by atoms with Gasteiger partial charge in [0.2, 0.25) is 0 Å². The molecule has 0 aliphatic heterocycles. The second-order valence-corrected chi connectivity index (χ2v) is 7.01. The fraction of sp³-hybridized carbons (Fsp3) is 0.0741. The summed E-state index contributed by atoms with van der Waals surface area (Å²) in [5.74, 6) is 2.42. The highest BCUT2D eigenvalue weighted by Crippen LogP contribution is 2.24. The molecule has 0 saturated heterocycles. The standard InChI is InChI=1S/C27H23NO2/c1-21-10-12-22(13-11-21)20-29-27-9-5-6-23(18-27)19-28-24-14-16-26(17-15-24)30-25-7-3-2-4-8-25/h2-19H,20H2,1H3. The molecule has 3 heteroatoms. The molecule has 0 radical (unpaired) electrons. The molecule has 4 rings (SSSR count). The Morgan fingerprint density at radius 1 is 0.700 bits per heavy atom. The van der Waals surface area contributed by atoms with E-state index in [0.717, 1.165) is 34.1 Å². The normalized spacial score (nSPS) is 10.8. The molecule has 0 aliphatic carbocycles. The van der Waals surface area contributed by atoms with E-state index in [0.29, 0.717) is 6.61 Å². The van der Waals surface area contributed by atoms with Gasteiger partial charge < -0.3 is 9.47 Å². The monoisotopic (exact) mass is 393 g/mol. The van der Waals surface area contributed by atoms with E-state index in [4.69, 9.17) is 9.47 Å². The van der Waals surface area contributed by atoms with Crippen molar-refractivity contribution in [2.24, 2.45) is 4.99 Å². The van der Waals surface area contributed by atoms with Gasteiger partial charge in [0.05, 0.1) is 5.69 Å². The van der Waals surface area contributed by atoms with E-state index in [-0.39, 0.29) is 0 Å². The van der Waals surface area contributed by atoms with Crippen LogP contribution in [0.4, 0.5) is 5.69 Å². The highest BCUT2D eigenvalue weighted by Gasteiger charge is 1.99. The molecule has 3 nitrogen and oxygen atoms in total. The zero-order chi connectivity index (χ0) is 20.6. The smallest absolute Gasteiger partial charge is 0.127 e. The number of nitrogens with zero attached hydrogens (tertiary/aromatic N) is 1. The average molecular weight is 393 g/mol. The van der Waals surface area contributed by atoms with Crippen LogP contribution in [-0.4, -0.2) is 6.21 Å². The van der Waals surface area contributed by atoms with Crippen molar-refractivity contribution in [1.82, 2.24) is 0 Å².